The molecule has 0 heterocycles. The second-order valence-electron chi connectivity index (χ2n) is 9.48. The van der Waals surface area contributed by atoms with Gasteiger partial charge in [-0.05, 0) is 84.2 Å². The van der Waals surface area contributed by atoms with E-state index in [-0.39, 0.29) is 17.3 Å². The first kappa shape index (κ1) is 32.0. The Kier molecular flexibility index (Phi) is 11.2. The molecule has 0 saturated heterocycles. The normalized spacial score (nSPS) is 11.9. The highest BCUT2D eigenvalue weighted by molar-refractivity contribution is 9.10. The zero-order chi connectivity index (χ0) is 30.2. The van der Waals surface area contributed by atoms with Gasteiger partial charge in [0, 0.05) is 13.1 Å². The van der Waals surface area contributed by atoms with E-state index >= 15 is 0 Å². The zero-order valence-electron chi connectivity index (χ0n) is 23.9. The molecule has 0 aliphatic heterocycles. The highest BCUT2D eigenvalue weighted by atomic mass is 79.9. The molecule has 1 N–H and O–H groups in total. The Hall–Kier alpha value is -3.57. The van der Waals surface area contributed by atoms with Gasteiger partial charge in [-0.25, -0.2) is 8.42 Å². The van der Waals surface area contributed by atoms with Crippen LogP contribution in [0.2, 0.25) is 0 Å². The maximum Gasteiger partial charge on any atom is 0.264 e. The van der Waals surface area contributed by atoms with Crippen molar-refractivity contribution in [2.75, 3.05) is 31.6 Å². The quantitative estimate of drug-likeness (QED) is 0.283. The van der Waals surface area contributed by atoms with Crippen LogP contribution in [0, 0.1) is 6.92 Å². The lowest BCUT2D eigenvalue weighted by atomic mass is 10.1. The molecule has 0 spiro atoms. The van der Waals surface area contributed by atoms with Gasteiger partial charge < -0.3 is 19.7 Å². The number of nitrogens with zero attached hydrogens (tertiary/aromatic N) is 2. The molecule has 0 aromatic heterocycles. The number of nitrogens with one attached hydrogen (secondary N) is 1. The molecule has 0 saturated carbocycles. The van der Waals surface area contributed by atoms with E-state index < -0.39 is 28.5 Å². The van der Waals surface area contributed by atoms with Crippen LogP contribution < -0.4 is 19.1 Å². The third-order valence-corrected chi connectivity index (χ3v) is 8.91. The van der Waals surface area contributed by atoms with Gasteiger partial charge in [-0.15, -0.1) is 0 Å². The van der Waals surface area contributed by atoms with Gasteiger partial charge in [0.05, 0.1) is 29.3 Å². The first-order chi connectivity index (χ1) is 19.5. The predicted molar refractivity (Wildman–Crippen MR) is 163 cm³/mol. The van der Waals surface area contributed by atoms with Crippen LogP contribution in [0.25, 0.3) is 0 Å². The number of halogens is 1. The molecule has 0 radical (unpaired) electrons. The maximum atomic E-state index is 14.0. The van der Waals surface area contributed by atoms with Crippen molar-refractivity contribution in [2.45, 2.75) is 44.7 Å². The van der Waals surface area contributed by atoms with Crippen LogP contribution >= 0.6 is 15.9 Å². The van der Waals surface area contributed by atoms with Crippen LogP contribution in [-0.4, -0.2) is 58.5 Å². The smallest absolute Gasteiger partial charge is 0.264 e. The molecule has 9 nitrogen and oxygen atoms in total. The second kappa shape index (κ2) is 14.4. The third-order valence-electron chi connectivity index (χ3n) is 6.52. The van der Waals surface area contributed by atoms with Gasteiger partial charge in [-0.2, -0.15) is 0 Å². The molecule has 3 rings (SSSR count). The first-order valence-electron chi connectivity index (χ1n) is 13.1. The number of hydrogen-bond acceptors (Lipinski definition) is 6. The monoisotopic (exact) mass is 645 g/mol. The molecule has 1 atom stereocenters. The van der Waals surface area contributed by atoms with E-state index in [1.54, 1.807) is 62.6 Å². The summed E-state index contributed by atoms with van der Waals surface area (Å²) in [4.78, 5) is 28.4. The Morgan fingerprint density at radius 2 is 1.71 bits per heavy atom. The van der Waals surface area contributed by atoms with Crippen molar-refractivity contribution in [1.29, 1.82) is 0 Å². The SMILES string of the molecule is CCCNC(=O)[C@@H](C)N(Cc1cccc(OC)c1)C(=O)CN(c1ccc(C)cc1)S(=O)(=O)c1ccc(OC)c(Br)c1. The topological polar surface area (TPSA) is 105 Å². The van der Waals surface area contributed by atoms with Crippen LogP contribution in [0.4, 0.5) is 5.69 Å². The van der Waals surface area contributed by atoms with Gasteiger partial charge >= 0.3 is 0 Å². The minimum atomic E-state index is -4.21. The number of methoxy groups -OCH3 is 2. The summed E-state index contributed by atoms with van der Waals surface area (Å²) in [6.45, 7) is 5.47. The minimum absolute atomic E-state index is 0.0216. The van der Waals surface area contributed by atoms with Crippen molar-refractivity contribution in [3.8, 4) is 11.5 Å². The lowest BCUT2D eigenvalue weighted by Gasteiger charge is -2.32. The van der Waals surface area contributed by atoms with Crippen molar-refractivity contribution in [3.05, 3.63) is 82.3 Å². The summed E-state index contributed by atoms with van der Waals surface area (Å²) in [7, 11) is -1.17. The summed E-state index contributed by atoms with van der Waals surface area (Å²) in [6.07, 6.45) is 0.735. The average Bonchev–Trinajstić information content (AvgIpc) is 2.97. The molecule has 0 unspecified atom stereocenters. The van der Waals surface area contributed by atoms with E-state index in [0.717, 1.165) is 21.9 Å². The summed E-state index contributed by atoms with van der Waals surface area (Å²) in [5.41, 5.74) is 1.99. The van der Waals surface area contributed by atoms with Gasteiger partial charge in [-0.1, -0.05) is 36.8 Å². The van der Waals surface area contributed by atoms with Crippen molar-refractivity contribution >= 4 is 43.5 Å². The van der Waals surface area contributed by atoms with Gasteiger partial charge in [0.15, 0.2) is 0 Å². The van der Waals surface area contributed by atoms with Crippen LogP contribution in [0.3, 0.4) is 0 Å². The minimum Gasteiger partial charge on any atom is -0.497 e. The molecule has 0 bridgehead atoms. The summed E-state index contributed by atoms with van der Waals surface area (Å²) in [5, 5.41) is 2.83. The molecule has 220 valence electrons. The Labute approximate surface area is 250 Å². The van der Waals surface area contributed by atoms with Gasteiger partial charge in [0.2, 0.25) is 11.8 Å². The Balaban J connectivity index is 2.04. The lowest BCUT2D eigenvalue weighted by molar-refractivity contribution is -0.139. The Bertz CT molecular complexity index is 1460. The lowest BCUT2D eigenvalue weighted by Crippen LogP contribution is -2.51. The standard InChI is InChI=1S/C30H36BrN3O6S/c1-6-16-32-30(36)22(3)33(19-23-8-7-9-25(17-23)39-4)29(35)20-34(24-12-10-21(2)11-13-24)41(37,38)26-14-15-28(40-5)27(31)18-26/h7-15,17-18,22H,6,16,19-20H2,1-5H3,(H,32,36)/t22-/m1/s1. The zero-order valence-corrected chi connectivity index (χ0v) is 26.3. The van der Waals surface area contributed by atoms with E-state index in [1.807, 2.05) is 19.9 Å². The molecule has 0 fully saturated rings. The third kappa shape index (κ3) is 8.01. The molecule has 11 heteroatoms. The van der Waals surface area contributed by atoms with E-state index in [1.165, 1.54) is 24.1 Å². The second-order valence-corrected chi connectivity index (χ2v) is 12.2. The van der Waals surface area contributed by atoms with Crippen molar-refractivity contribution < 1.29 is 27.5 Å². The van der Waals surface area contributed by atoms with Crippen LogP contribution in [0.1, 0.15) is 31.4 Å². The number of benzene rings is 3. The highest BCUT2D eigenvalue weighted by Gasteiger charge is 2.33. The van der Waals surface area contributed by atoms with Crippen molar-refractivity contribution in [1.82, 2.24) is 10.2 Å². The van der Waals surface area contributed by atoms with Gasteiger partial charge in [0.25, 0.3) is 10.0 Å². The fourth-order valence-electron chi connectivity index (χ4n) is 4.12. The number of aryl methyl sites for hydroxylation is 1. The van der Waals surface area contributed by atoms with Crippen molar-refractivity contribution in [2.24, 2.45) is 0 Å². The van der Waals surface area contributed by atoms with Crippen LogP contribution in [0.15, 0.2) is 76.1 Å². The fourth-order valence-corrected chi connectivity index (χ4v) is 6.25. The number of anilines is 1. The molecular weight excluding hydrogens is 610 g/mol. The number of ether oxygens (including phenoxy) is 2. The first-order valence-corrected chi connectivity index (χ1v) is 15.4. The summed E-state index contributed by atoms with van der Waals surface area (Å²) in [5.74, 6) is 0.209. The molecule has 0 aliphatic carbocycles. The van der Waals surface area contributed by atoms with Gasteiger partial charge in [-0.3, -0.25) is 13.9 Å². The van der Waals surface area contributed by atoms with E-state index in [0.29, 0.717) is 28.2 Å². The maximum absolute atomic E-state index is 14.0. The Morgan fingerprint density at radius 1 is 1.00 bits per heavy atom. The average molecular weight is 647 g/mol. The van der Waals surface area contributed by atoms with E-state index in [4.69, 9.17) is 9.47 Å². The fraction of sp³-hybridized carbons (Fsp3) is 0.333. The summed E-state index contributed by atoms with van der Waals surface area (Å²) in [6, 6.07) is 17.6. The highest BCUT2D eigenvalue weighted by Crippen LogP contribution is 2.31. The van der Waals surface area contributed by atoms with E-state index in [9.17, 15) is 18.0 Å². The van der Waals surface area contributed by atoms with Crippen LogP contribution in [0.5, 0.6) is 11.5 Å². The Morgan fingerprint density at radius 3 is 2.32 bits per heavy atom. The number of amides is 2. The van der Waals surface area contributed by atoms with E-state index in [2.05, 4.69) is 21.2 Å². The number of carbonyl (C=O) groups excluding carboxylic acids is 2. The molecule has 0 aliphatic rings. The molecule has 3 aromatic rings. The number of carbonyl (C=O) groups is 2. The summed E-state index contributed by atoms with van der Waals surface area (Å²) < 4.78 is 40.1. The molecule has 41 heavy (non-hydrogen) atoms. The predicted octanol–water partition coefficient (Wildman–Crippen LogP) is 4.91. The molecule has 2 amide bonds. The molecular formula is C30H36BrN3O6S. The molecule has 3 aromatic carbocycles. The largest absolute Gasteiger partial charge is 0.497 e. The van der Waals surface area contributed by atoms with Crippen LogP contribution in [-0.2, 0) is 26.2 Å². The number of hydrogen-bond donors (Lipinski definition) is 1. The van der Waals surface area contributed by atoms with Crippen molar-refractivity contribution in [3.63, 3.8) is 0 Å². The number of rotatable bonds is 13. The van der Waals surface area contributed by atoms with Gasteiger partial charge in [0.1, 0.15) is 24.1 Å². The number of sulfonamides is 1. The summed E-state index contributed by atoms with van der Waals surface area (Å²) >= 11 is 3.36.